The van der Waals surface area contributed by atoms with E-state index in [-0.39, 0.29) is 5.91 Å². The van der Waals surface area contributed by atoms with E-state index in [0.717, 1.165) is 15.9 Å². The first-order valence-electron chi connectivity index (χ1n) is 6.14. The molecular weight excluding hydrogens is 320 g/mol. The molecule has 0 saturated carbocycles. The number of pyridine rings is 1. The molecule has 5 heteroatoms. The number of hydrogen-bond donors (Lipinski definition) is 1. The van der Waals surface area contributed by atoms with Crippen molar-refractivity contribution < 1.29 is 9.53 Å². The normalized spacial score (nSPS) is 10.2. The van der Waals surface area contributed by atoms with Crippen LogP contribution in [0.15, 0.2) is 40.9 Å². The quantitative estimate of drug-likeness (QED) is 0.934. The van der Waals surface area contributed by atoms with E-state index >= 15 is 0 Å². The molecule has 1 amide bonds. The molecule has 0 aliphatic carbocycles. The SMILES string of the molecule is COc1ccc(Br)c(C(=O)NCc2cccc(C)n2)c1. The molecule has 1 aromatic heterocycles. The molecule has 1 aromatic carbocycles. The summed E-state index contributed by atoms with van der Waals surface area (Å²) in [5, 5.41) is 2.85. The fourth-order valence-corrected chi connectivity index (χ4v) is 2.20. The van der Waals surface area contributed by atoms with E-state index in [0.29, 0.717) is 17.9 Å². The fraction of sp³-hybridized carbons (Fsp3) is 0.200. The number of methoxy groups -OCH3 is 1. The fourth-order valence-electron chi connectivity index (χ4n) is 1.77. The predicted molar refractivity (Wildman–Crippen MR) is 80.8 cm³/mol. The summed E-state index contributed by atoms with van der Waals surface area (Å²) in [5.74, 6) is 0.478. The molecule has 2 rings (SSSR count). The highest BCUT2D eigenvalue weighted by molar-refractivity contribution is 9.10. The Morgan fingerprint density at radius 3 is 2.85 bits per heavy atom. The van der Waals surface area contributed by atoms with Crippen molar-refractivity contribution in [2.24, 2.45) is 0 Å². The first-order valence-corrected chi connectivity index (χ1v) is 6.93. The van der Waals surface area contributed by atoms with Crippen LogP contribution < -0.4 is 10.1 Å². The molecule has 0 unspecified atom stereocenters. The summed E-state index contributed by atoms with van der Waals surface area (Å²) in [6, 6.07) is 11.0. The van der Waals surface area contributed by atoms with E-state index in [1.54, 1.807) is 25.3 Å². The van der Waals surface area contributed by atoms with Crippen molar-refractivity contribution in [1.82, 2.24) is 10.3 Å². The summed E-state index contributed by atoms with van der Waals surface area (Å²) in [6.07, 6.45) is 0. The van der Waals surface area contributed by atoms with Gasteiger partial charge in [0.2, 0.25) is 0 Å². The number of halogens is 1. The Balaban J connectivity index is 2.08. The molecule has 0 fully saturated rings. The Labute approximate surface area is 126 Å². The van der Waals surface area contributed by atoms with Crippen LogP contribution in [0.4, 0.5) is 0 Å². The number of nitrogens with one attached hydrogen (secondary N) is 1. The third-order valence-electron chi connectivity index (χ3n) is 2.79. The lowest BCUT2D eigenvalue weighted by atomic mass is 10.2. The molecule has 2 aromatic rings. The minimum absolute atomic E-state index is 0.168. The maximum atomic E-state index is 12.2. The highest BCUT2D eigenvalue weighted by Gasteiger charge is 2.11. The second-order valence-corrected chi connectivity index (χ2v) is 5.15. The van der Waals surface area contributed by atoms with Crippen LogP contribution >= 0.6 is 15.9 Å². The number of rotatable bonds is 4. The zero-order valence-electron chi connectivity index (χ0n) is 11.3. The van der Waals surface area contributed by atoms with E-state index in [9.17, 15) is 4.79 Å². The Kier molecular flexibility index (Phi) is 4.74. The molecule has 0 atom stereocenters. The molecule has 1 N–H and O–H groups in total. The molecular formula is C15H15BrN2O2. The number of ether oxygens (including phenoxy) is 1. The molecule has 0 aliphatic rings. The molecule has 0 bridgehead atoms. The average Bonchev–Trinajstić information content (AvgIpc) is 2.45. The first-order chi connectivity index (χ1) is 9.60. The Morgan fingerprint density at radius 2 is 2.15 bits per heavy atom. The topological polar surface area (TPSA) is 51.2 Å². The van der Waals surface area contributed by atoms with E-state index in [4.69, 9.17) is 4.74 Å². The van der Waals surface area contributed by atoms with Gasteiger partial charge < -0.3 is 10.1 Å². The number of carbonyl (C=O) groups excluding carboxylic acids is 1. The van der Waals surface area contributed by atoms with Crippen LogP contribution in [0.5, 0.6) is 5.75 Å². The van der Waals surface area contributed by atoms with Gasteiger partial charge >= 0.3 is 0 Å². The van der Waals surface area contributed by atoms with Gasteiger partial charge in [-0.3, -0.25) is 9.78 Å². The highest BCUT2D eigenvalue weighted by atomic mass is 79.9. The standard InChI is InChI=1S/C15H15BrN2O2/c1-10-4-3-5-11(18-10)9-17-15(19)13-8-12(20-2)6-7-14(13)16/h3-8H,9H2,1-2H3,(H,17,19). The summed E-state index contributed by atoms with van der Waals surface area (Å²) in [5.41, 5.74) is 2.30. The van der Waals surface area contributed by atoms with Gasteiger partial charge in [-0.25, -0.2) is 0 Å². The Bertz CT molecular complexity index is 629. The highest BCUT2D eigenvalue weighted by Crippen LogP contribution is 2.22. The van der Waals surface area contributed by atoms with E-state index in [1.807, 2.05) is 25.1 Å². The third kappa shape index (κ3) is 3.57. The minimum Gasteiger partial charge on any atom is -0.497 e. The van der Waals surface area contributed by atoms with Crippen LogP contribution in [0.25, 0.3) is 0 Å². The number of nitrogens with zero attached hydrogens (tertiary/aromatic N) is 1. The summed E-state index contributed by atoms with van der Waals surface area (Å²) >= 11 is 3.37. The average molecular weight is 335 g/mol. The van der Waals surface area contributed by atoms with Gasteiger partial charge in [0.1, 0.15) is 5.75 Å². The van der Waals surface area contributed by atoms with E-state index < -0.39 is 0 Å². The molecule has 1 heterocycles. The lowest BCUT2D eigenvalue weighted by molar-refractivity contribution is 0.0949. The summed E-state index contributed by atoms with van der Waals surface area (Å²) < 4.78 is 5.85. The number of benzene rings is 1. The van der Waals surface area contributed by atoms with E-state index in [2.05, 4.69) is 26.2 Å². The van der Waals surface area contributed by atoms with Gasteiger partial charge in [0, 0.05) is 10.2 Å². The Morgan fingerprint density at radius 1 is 1.35 bits per heavy atom. The number of hydrogen-bond acceptors (Lipinski definition) is 3. The van der Waals surface area contributed by atoms with Gasteiger partial charge in [-0.1, -0.05) is 6.07 Å². The Hall–Kier alpha value is -1.88. The number of aromatic nitrogens is 1. The van der Waals surface area contributed by atoms with Gasteiger partial charge in [-0.15, -0.1) is 0 Å². The molecule has 0 spiro atoms. The van der Waals surface area contributed by atoms with Crippen LogP contribution in [-0.2, 0) is 6.54 Å². The molecule has 20 heavy (non-hydrogen) atoms. The predicted octanol–water partition coefficient (Wildman–Crippen LogP) is 3.09. The number of amides is 1. The molecule has 104 valence electrons. The van der Waals surface area contributed by atoms with Crippen molar-refractivity contribution in [2.75, 3.05) is 7.11 Å². The molecule has 4 nitrogen and oxygen atoms in total. The number of carbonyl (C=O) groups is 1. The van der Waals surface area contributed by atoms with Crippen LogP contribution in [0.2, 0.25) is 0 Å². The van der Waals surface area contributed by atoms with Crippen molar-refractivity contribution in [3.8, 4) is 5.75 Å². The zero-order valence-corrected chi connectivity index (χ0v) is 12.9. The van der Waals surface area contributed by atoms with Gasteiger partial charge in [-0.2, -0.15) is 0 Å². The van der Waals surface area contributed by atoms with Crippen LogP contribution in [-0.4, -0.2) is 18.0 Å². The maximum absolute atomic E-state index is 12.2. The van der Waals surface area contributed by atoms with Crippen molar-refractivity contribution >= 4 is 21.8 Å². The largest absolute Gasteiger partial charge is 0.497 e. The summed E-state index contributed by atoms with van der Waals surface area (Å²) in [4.78, 5) is 16.5. The van der Waals surface area contributed by atoms with Gasteiger partial charge in [0.15, 0.2) is 0 Å². The van der Waals surface area contributed by atoms with Gasteiger partial charge in [0.25, 0.3) is 5.91 Å². The molecule has 0 aliphatic heterocycles. The van der Waals surface area contributed by atoms with E-state index in [1.165, 1.54) is 0 Å². The van der Waals surface area contributed by atoms with Crippen LogP contribution in [0.3, 0.4) is 0 Å². The lowest BCUT2D eigenvalue weighted by Crippen LogP contribution is -2.23. The molecule has 0 radical (unpaired) electrons. The maximum Gasteiger partial charge on any atom is 0.252 e. The lowest BCUT2D eigenvalue weighted by Gasteiger charge is -2.08. The third-order valence-corrected chi connectivity index (χ3v) is 3.49. The zero-order chi connectivity index (χ0) is 14.5. The smallest absolute Gasteiger partial charge is 0.252 e. The second-order valence-electron chi connectivity index (χ2n) is 4.30. The van der Waals surface area contributed by atoms with Gasteiger partial charge in [-0.05, 0) is 53.2 Å². The van der Waals surface area contributed by atoms with Crippen molar-refractivity contribution in [3.05, 3.63) is 57.8 Å². The molecule has 0 saturated heterocycles. The van der Waals surface area contributed by atoms with Crippen LogP contribution in [0.1, 0.15) is 21.7 Å². The minimum atomic E-state index is -0.168. The summed E-state index contributed by atoms with van der Waals surface area (Å²) in [6.45, 7) is 2.31. The van der Waals surface area contributed by atoms with Gasteiger partial charge in [0.05, 0.1) is 24.9 Å². The number of aryl methyl sites for hydroxylation is 1. The van der Waals surface area contributed by atoms with Crippen molar-refractivity contribution in [2.45, 2.75) is 13.5 Å². The van der Waals surface area contributed by atoms with Crippen molar-refractivity contribution in [1.29, 1.82) is 0 Å². The second kappa shape index (κ2) is 6.52. The summed E-state index contributed by atoms with van der Waals surface area (Å²) in [7, 11) is 1.57. The monoisotopic (exact) mass is 334 g/mol. The van der Waals surface area contributed by atoms with Crippen LogP contribution in [0, 0.1) is 6.92 Å². The first kappa shape index (κ1) is 14.5. The van der Waals surface area contributed by atoms with Crippen molar-refractivity contribution in [3.63, 3.8) is 0 Å².